The number of nitrogens with zero attached hydrogens (tertiary/aromatic N) is 9. The Balaban J connectivity index is 1.24. The lowest BCUT2D eigenvalue weighted by Gasteiger charge is -2.37. The Kier molecular flexibility index (Phi) is 9.99. The number of carbonyl (C=O) groups excluding carboxylic acids is 2. The summed E-state index contributed by atoms with van der Waals surface area (Å²) in [5, 5.41) is 25.2. The minimum atomic E-state index is -4.83. The Hall–Kier alpha value is -6.71. The Bertz CT molecular complexity index is 2700. The van der Waals surface area contributed by atoms with Crippen LogP contribution in [0.1, 0.15) is 53.1 Å². The van der Waals surface area contributed by atoms with Crippen molar-refractivity contribution in [2.24, 2.45) is 14.1 Å². The number of hydrogen-bond acceptors (Lipinski definition) is 7. The number of halogens is 6. The van der Waals surface area contributed by atoms with E-state index >= 15 is 4.39 Å². The molecular weight excluding hydrogens is 770 g/mol. The third-order valence-corrected chi connectivity index (χ3v) is 10.1. The molecule has 0 aliphatic carbocycles. The third kappa shape index (κ3) is 7.44. The van der Waals surface area contributed by atoms with E-state index in [4.69, 9.17) is 0 Å². The second-order valence-corrected chi connectivity index (χ2v) is 14.7. The molecular formula is C39H34F6N10O3. The van der Waals surface area contributed by atoms with Crippen LogP contribution in [0.3, 0.4) is 0 Å². The summed E-state index contributed by atoms with van der Waals surface area (Å²) in [6.07, 6.45) is -0.0588. The summed E-state index contributed by atoms with van der Waals surface area (Å²) in [7, 11) is 3.15. The maximum atomic E-state index is 15.8. The molecule has 0 fully saturated rings. The SMILES string of the molecule is Cn1cc(-c2cc(C(F)(F)F)nn2CC(C)(C)NC(=O)C(Cc2cnn(C(F)F)c2)N2CCc3c(-c4cc5cnn(C)c5cc4C#N)ccc(F)c3C2=O)ccc1=O. The fraction of sp³-hybridized carbons (Fsp3) is 0.308. The normalized spacial score (nSPS) is 13.9. The van der Waals surface area contributed by atoms with E-state index in [9.17, 15) is 41.6 Å². The molecule has 5 heterocycles. The average Bonchev–Trinajstić information content (AvgIpc) is 3.90. The summed E-state index contributed by atoms with van der Waals surface area (Å²) in [6, 6.07) is 10.0. The van der Waals surface area contributed by atoms with Gasteiger partial charge in [-0.05, 0) is 67.3 Å². The predicted molar refractivity (Wildman–Crippen MR) is 197 cm³/mol. The van der Waals surface area contributed by atoms with Crippen molar-refractivity contribution in [3.05, 3.63) is 111 Å². The van der Waals surface area contributed by atoms with Gasteiger partial charge in [0.25, 0.3) is 5.91 Å². The monoisotopic (exact) mass is 804 g/mol. The van der Waals surface area contributed by atoms with E-state index in [2.05, 4.69) is 26.7 Å². The predicted octanol–water partition coefficient (Wildman–Crippen LogP) is 5.63. The number of pyridine rings is 1. The van der Waals surface area contributed by atoms with Crippen molar-refractivity contribution >= 4 is 22.7 Å². The van der Waals surface area contributed by atoms with Crippen LogP contribution in [0.25, 0.3) is 33.3 Å². The van der Waals surface area contributed by atoms with Crippen LogP contribution in [0.15, 0.2) is 72.0 Å². The molecule has 58 heavy (non-hydrogen) atoms. The molecule has 1 aliphatic heterocycles. The lowest BCUT2D eigenvalue weighted by atomic mass is 9.87. The van der Waals surface area contributed by atoms with Crippen LogP contribution in [0, 0.1) is 17.1 Å². The van der Waals surface area contributed by atoms with Crippen LogP contribution in [0.5, 0.6) is 0 Å². The van der Waals surface area contributed by atoms with Crippen LogP contribution < -0.4 is 10.9 Å². The van der Waals surface area contributed by atoms with Crippen molar-refractivity contribution in [1.29, 1.82) is 5.26 Å². The zero-order valence-electron chi connectivity index (χ0n) is 31.4. The number of amides is 2. The van der Waals surface area contributed by atoms with E-state index in [0.29, 0.717) is 32.3 Å². The summed E-state index contributed by atoms with van der Waals surface area (Å²) in [5.74, 6) is -2.58. The number of hydrogen-bond donors (Lipinski definition) is 1. The highest BCUT2D eigenvalue weighted by Crippen LogP contribution is 2.37. The van der Waals surface area contributed by atoms with Gasteiger partial charge in [-0.1, -0.05) is 6.07 Å². The topological polar surface area (TPSA) is 149 Å². The van der Waals surface area contributed by atoms with E-state index in [1.54, 1.807) is 30.1 Å². The maximum absolute atomic E-state index is 15.8. The molecule has 0 saturated carbocycles. The quantitative estimate of drug-likeness (QED) is 0.177. The molecule has 7 rings (SSSR count). The van der Waals surface area contributed by atoms with Gasteiger partial charge in [-0.15, -0.1) is 0 Å². The molecule has 19 heteroatoms. The highest BCUT2D eigenvalue weighted by Gasteiger charge is 2.40. The van der Waals surface area contributed by atoms with Gasteiger partial charge in [0.1, 0.15) is 11.9 Å². The number of aryl methyl sites for hydroxylation is 2. The van der Waals surface area contributed by atoms with Gasteiger partial charge in [0.2, 0.25) is 11.5 Å². The van der Waals surface area contributed by atoms with Gasteiger partial charge in [-0.2, -0.15) is 42.5 Å². The van der Waals surface area contributed by atoms with Gasteiger partial charge in [0, 0.05) is 62.0 Å². The Morgan fingerprint density at radius 2 is 1.76 bits per heavy atom. The molecule has 4 aromatic heterocycles. The van der Waals surface area contributed by atoms with Crippen molar-refractivity contribution in [3.8, 4) is 28.5 Å². The molecule has 0 saturated heterocycles. The molecule has 2 aromatic carbocycles. The molecule has 1 unspecified atom stereocenters. The summed E-state index contributed by atoms with van der Waals surface area (Å²) < 4.78 is 88.8. The highest BCUT2D eigenvalue weighted by molar-refractivity contribution is 6.02. The Morgan fingerprint density at radius 3 is 2.43 bits per heavy atom. The number of fused-ring (bicyclic) bond motifs is 2. The molecule has 0 radical (unpaired) electrons. The average molecular weight is 805 g/mol. The summed E-state index contributed by atoms with van der Waals surface area (Å²) in [4.78, 5) is 41.9. The Labute approximate surface area is 325 Å². The van der Waals surface area contributed by atoms with Gasteiger partial charge in [-0.25, -0.2) is 9.07 Å². The van der Waals surface area contributed by atoms with Crippen molar-refractivity contribution in [2.45, 2.75) is 57.5 Å². The Morgan fingerprint density at radius 1 is 1.00 bits per heavy atom. The standard InChI is InChI=1S/C39H34F6N10O3/c1-38(2,20-55-30(14-32(50-55)39(43,44)45)22-5-8-33(56)51(3)19-22)49-35(57)31(11-21-16-48-54(18-21)37(41)42)53-10-9-26-25(6-7-28(40)34(26)36(53)58)27-12-24-17-47-52(4)29(24)13-23(27)15-46/h5-8,12-14,16-19,31,37H,9-11,20H2,1-4H3,(H,49,57). The van der Waals surface area contributed by atoms with Crippen LogP contribution in [-0.2, 0) is 44.5 Å². The second kappa shape index (κ2) is 14.7. The lowest BCUT2D eigenvalue weighted by Crippen LogP contribution is -2.58. The van der Waals surface area contributed by atoms with Crippen molar-refractivity contribution in [1.82, 2.24) is 44.1 Å². The lowest BCUT2D eigenvalue weighted by molar-refractivity contribution is -0.141. The van der Waals surface area contributed by atoms with Crippen molar-refractivity contribution in [2.75, 3.05) is 6.54 Å². The molecule has 0 bridgehead atoms. The van der Waals surface area contributed by atoms with E-state index in [0.717, 1.165) is 34.1 Å². The zero-order chi connectivity index (χ0) is 41.8. The summed E-state index contributed by atoms with van der Waals surface area (Å²) in [5.41, 5.74) is -0.820. The molecule has 1 N–H and O–H groups in total. The van der Waals surface area contributed by atoms with E-state index in [-0.39, 0.29) is 53.9 Å². The maximum Gasteiger partial charge on any atom is 0.435 e. The van der Waals surface area contributed by atoms with Gasteiger partial charge in [0.05, 0.1) is 52.9 Å². The van der Waals surface area contributed by atoms with Crippen LogP contribution in [-0.4, -0.2) is 68.7 Å². The fourth-order valence-electron chi connectivity index (χ4n) is 7.29. The van der Waals surface area contributed by atoms with Crippen molar-refractivity contribution < 1.29 is 35.9 Å². The summed E-state index contributed by atoms with van der Waals surface area (Å²) in [6.45, 7) is -0.438. The van der Waals surface area contributed by atoms with E-state index < -0.39 is 53.2 Å². The summed E-state index contributed by atoms with van der Waals surface area (Å²) >= 11 is 0. The number of nitriles is 1. The molecule has 1 atom stereocenters. The molecule has 1 aliphatic rings. The van der Waals surface area contributed by atoms with E-state index in [1.165, 1.54) is 49.9 Å². The molecule has 0 spiro atoms. The van der Waals surface area contributed by atoms with Gasteiger partial charge in [-0.3, -0.25) is 23.7 Å². The first-order valence-corrected chi connectivity index (χ1v) is 17.8. The number of carbonyl (C=O) groups is 2. The highest BCUT2D eigenvalue weighted by atomic mass is 19.4. The van der Waals surface area contributed by atoms with Crippen LogP contribution in [0.4, 0.5) is 26.3 Å². The molecule has 2 amide bonds. The van der Waals surface area contributed by atoms with Crippen LogP contribution in [0.2, 0.25) is 0 Å². The van der Waals surface area contributed by atoms with Crippen molar-refractivity contribution in [3.63, 3.8) is 0 Å². The first kappa shape index (κ1) is 39.5. The first-order chi connectivity index (χ1) is 27.3. The van der Waals surface area contributed by atoms with Gasteiger partial charge < -0.3 is 14.8 Å². The van der Waals surface area contributed by atoms with Gasteiger partial charge >= 0.3 is 12.7 Å². The molecule has 300 valence electrons. The zero-order valence-corrected chi connectivity index (χ0v) is 31.4. The largest absolute Gasteiger partial charge is 0.435 e. The first-order valence-electron chi connectivity index (χ1n) is 17.8. The fourth-order valence-corrected chi connectivity index (χ4v) is 7.29. The number of alkyl halides is 5. The molecule has 13 nitrogen and oxygen atoms in total. The van der Waals surface area contributed by atoms with Crippen LogP contribution >= 0.6 is 0 Å². The number of nitrogens with one attached hydrogen (secondary N) is 1. The number of aromatic nitrogens is 7. The minimum Gasteiger partial charge on any atom is -0.348 e. The number of rotatable bonds is 10. The van der Waals surface area contributed by atoms with E-state index in [1.807, 2.05) is 0 Å². The van der Waals surface area contributed by atoms with Gasteiger partial charge in [0.15, 0.2) is 5.69 Å². The third-order valence-electron chi connectivity index (χ3n) is 10.1. The minimum absolute atomic E-state index is 0.00228. The number of benzene rings is 2. The smallest absolute Gasteiger partial charge is 0.348 e. The second-order valence-electron chi connectivity index (χ2n) is 14.7. The molecule has 6 aromatic rings.